The van der Waals surface area contributed by atoms with E-state index in [1.54, 1.807) is 13.8 Å². The molecule has 1 aromatic heterocycles. The van der Waals surface area contributed by atoms with Crippen LogP contribution in [-0.4, -0.2) is 43.2 Å². The lowest BCUT2D eigenvalue weighted by Crippen LogP contribution is -2.36. The lowest BCUT2D eigenvalue weighted by molar-refractivity contribution is -0.136. The molecule has 0 saturated heterocycles. The Morgan fingerprint density at radius 3 is 2.45 bits per heavy atom. The van der Waals surface area contributed by atoms with Crippen LogP contribution in [0.1, 0.15) is 20.8 Å². The molecule has 110 valence electrons. The van der Waals surface area contributed by atoms with E-state index in [1.807, 2.05) is 0 Å². The molecule has 1 rings (SSSR count). The van der Waals surface area contributed by atoms with Crippen molar-refractivity contribution in [3.63, 3.8) is 0 Å². The monoisotopic (exact) mass is 300 g/mol. The van der Waals surface area contributed by atoms with Gasteiger partial charge in [0.05, 0.1) is 19.3 Å². The standard InChI is InChI=1S/C12H16N2O5S/c1-6-7(2)20-11(8(6)12(18)19-3)14-10(17)9(16)13-4-5-15/h15H,4-5H2,1-3H3,(H,13,16)(H,14,17). The molecule has 3 N–H and O–H groups in total. The number of aliphatic hydroxyl groups is 1. The summed E-state index contributed by atoms with van der Waals surface area (Å²) in [5, 5.41) is 13.4. The second-order valence-corrected chi connectivity index (χ2v) is 5.14. The van der Waals surface area contributed by atoms with Crippen LogP contribution in [0.15, 0.2) is 0 Å². The summed E-state index contributed by atoms with van der Waals surface area (Å²) in [7, 11) is 1.24. The smallest absolute Gasteiger partial charge is 0.341 e. The van der Waals surface area contributed by atoms with Gasteiger partial charge in [0, 0.05) is 11.4 Å². The number of carbonyl (C=O) groups excluding carboxylic acids is 3. The predicted octanol–water partition coefficient (Wildman–Crippen LogP) is 0.199. The molecule has 0 aliphatic carbocycles. The summed E-state index contributed by atoms with van der Waals surface area (Å²) in [6, 6.07) is 0. The van der Waals surface area contributed by atoms with Crippen molar-refractivity contribution < 1.29 is 24.2 Å². The summed E-state index contributed by atoms with van der Waals surface area (Å²) in [6.45, 7) is 3.26. The maximum absolute atomic E-state index is 11.7. The zero-order chi connectivity index (χ0) is 15.3. The summed E-state index contributed by atoms with van der Waals surface area (Å²) in [4.78, 5) is 35.6. The number of hydrogen-bond acceptors (Lipinski definition) is 6. The Kier molecular flexibility index (Phi) is 5.66. The number of thiophene rings is 1. The van der Waals surface area contributed by atoms with Crippen LogP contribution in [0.25, 0.3) is 0 Å². The fraction of sp³-hybridized carbons (Fsp3) is 0.417. The number of amides is 2. The van der Waals surface area contributed by atoms with Crippen LogP contribution in [0.5, 0.6) is 0 Å². The number of hydrogen-bond donors (Lipinski definition) is 3. The molecular formula is C12H16N2O5S. The van der Waals surface area contributed by atoms with Gasteiger partial charge in [0.15, 0.2) is 0 Å². The summed E-state index contributed by atoms with van der Waals surface area (Å²) in [5.74, 6) is -2.35. The van der Waals surface area contributed by atoms with Gasteiger partial charge in [-0.1, -0.05) is 0 Å². The molecule has 0 aliphatic rings. The highest BCUT2D eigenvalue weighted by Gasteiger charge is 2.23. The van der Waals surface area contributed by atoms with Crippen molar-refractivity contribution in [1.29, 1.82) is 0 Å². The minimum atomic E-state index is -0.898. The van der Waals surface area contributed by atoms with Crippen LogP contribution in [0, 0.1) is 13.8 Å². The molecular weight excluding hydrogens is 284 g/mol. The Bertz CT molecular complexity index is 538. The number of aryl methyl sites for hydroxylation is 1. The van der Waals surface area contributed by atoms with Crippen LogP contribution in [0.3, 0.4) is 0 Å². The van der Waals surface area contributed by atoms with Gasteiger partial charge in [0.2, 0.25) is 0 Å². The first kappa shape index (κ1) is 16.1. The van der Waals surface area contributed by atoms with Gasteiger partial charge >= 0.3 is 17.8 Å². The number of ether oxygens (including phenoxy) is 1. The van der Waals surface area contributed by atoms with Crippen LogP contribution in [-0.2, 0) is 14.3 Å². The topological polar surface area (TPSA) is 105 Å². The van der Waals surface area contributed by atoms with E-state index < -0.39 is 17.8 Å². The van der Waals surface area contributed by atoms with Crippen molar-refractivity contribution in [2.75, 3.05) is 25.6 Å². The molecule has 1 heterocycles. The van der Waals surface area contributed by atoms with Crippen LogP contribution in [0.2, 0.25) is 0 Å². The molecule has 0 spiro atoms. The Morgan fingerprint density at radius 1 is 1.25 bits per heavy atom. The number of esters is 1. The Morgan fingerprint density at radius 2 is 1.90 bits per heavy atom. The van der Waals surface area contributed by atoms with Gasteiger partial charge < -0.3 is 20.5 Å². The number of nitrogens with one attached hydrogen (secondary N) is 2. The zero-order valence-corrected chi connectivity index (χ0v) is 12.2. The van der Waals surface area contributed by atoms with Crippen molar-refractivity contribution in [2.45, 2.75) is 13.8 Å². The quantitative estimate of drug-likeness (QED) is 0.544. The molecule has 0 saturated carbocycles. The van der Waals surface area contributed by atoms with Gasteiger partial charge in [-0.25, -0.2) is 4.79 Å². The molecule has 0 radical (unpaired) electrons. The molecule has 0 bridgehead atoms. The first-order chi connectivity index (χ1) is 9.42. The molecule has 0 aromatic carbocycles. The van der Waals surface area contributed by atoms with E-state index in [4.69, 9.17) is 5.11 Å². The average Bonchev–Trinajstić information content (AvgIpc) is 2.70. The number of rotatable bonds is 4. The van der Waals surface area contributed by atoms with Crippen LogP contribution >= 0.6 is 11.3 Å². The first-order valence-electron chi connectivity index (χ1n) is 5.80. The summed E-state index contributed by atoms with van der Waals surface area (Å²) in [6.07, 6.45) is 0. The molecule has 7 nitrogen and oxygen atoms in total. The second-order valence-electron chi connectivity index (χ2n) is 3.91. The predicted molar refractivity (Wildman–Crippen MR) is 73.9 cm³/mol. The molecule has 0 atom stereocenters. The third kappa shape index (κ3) is 3.55. The Hall–Kier alpha value is -1.93. The molecule has 2 amide bonds. The lowest BCUT2D eigenvalue weighted by atomic mass is 10.1. The number of carbonyl (C=O) groups is 3. The van der Waals surface area contributed by atoms with Crippen LogP contribution in [0.4, 0.5) is 5.00 Å². The normalized spacial score (nSPS) is 10.0. The zero-order valence-electron chi connectivity index (χ0n) is 11.4. The van der Waals surface area contributed by atoms with Gasteiger partial charge in [-0.15, -0.1) is 11.3 Å². The highest BCUT2D eigenvalue weighted by Crippen LogP contribution is 2.32. The number of anilines is 1. The van der Waals surface area contributed by atoms with E-state index in [9.17, 15) is 14.4 Å². The molecule has 8 heteroatoms. The summed E-state index contributed by atoms with van der Waals surface area (Å²) >= 11 is 1.19. The SMILES string of the molecule is COC(=O)c1c(NC(=O)C(=O)NCCO)sc(C)c1C. The third-order valence-corrected chi connectivity index (χ3v) is 3.73. The van der Waals surface area contributed by atoms with E-state index >= 15 is 0 Å². The fourth-order valence-corrected chi connectivity index (χ4v) is 2.52. The third-order valence-electron chi connectivity index (χ3n) is 2.61. The average molecular weight is 300 g/mol. The van der Waals surface area contributed by atoms with Crippen molar-refractivity contribution in [2.24, 2.45) is 0 Å². The lowest BCUT2D eigenvalue weighted by Gasteiger charge is -2.06. The van der Waals surface area contributed by atoms with Crippen molar-refractivity contribution >= 4 is 34.1 Å². The van der Waals surface area contributed by atoms with E-state index in [1.165, 1.54) is 18.4 Å². The maximum atomic E-state index is 11.7. The number of aliphatic hydroxyl groups excluding tert-OH is 1. The van der Waals surface area contributed by atoms with E-state index in [2.05, 4.69) is 15.4 Å². The van der Waals surface area contributed by atoms with Gasteiger partial charge in [-0.2, -0.15) is 0 Å². The van der Waals surface area contributed by atoms with Gasteiger partial charge in [-0.3, -0.25) is 9.59 Å². The van der Waals surface area contributed by atoms with Crippen molar-refractivity contribution in [1.82, 2.24) is 5.32 Å². The molecule has 0 fully saturated rings. The highest BCUT2D eigenvalue weighted by molar-refractivity contribution is 7.17. The summed E-state index contributed by atoms with van der Waals surface area (Å²) < 4.78 is 4.66. The van der Waals surface area contributed by atoms with Crippen LogP contribution < -0.4 is 10.6 Å². The van der Waals surface area contributed by atoms with Gasteiger partial charge in [-0.05, 0) is 19.4 Å². The Balaban J connectivity index is 2.92. The van der Waals surface area contributed by atoms with Crippen molar-refractivity contribution in [3.05, 3.63) is 16.0 Å². The molecule has 20 heavy (non-hydrogen) atoms. The van der Waals surface area contributed by atoms with E-state index in [0.717, 1.165) is 4.88 Å². The first-order valence-corrected chi connectivity index (χ1v) is 6.62. The van der Waals surface area contributed by atoms with E-state index in [0.29, 0.717) is 5.56 Å². The summed E-state index contributed by atoms with van der Waals surface area (Å²) in [5.41, 5.74) is 0.950. The molecule has 1 aromatic rings. The second kappa shape index (κ2) is 7.01. The molecule has 0 aliphatic heterocycles. The van der Waals surface area contributed by atoms with Gasteiger partial charge in [0.25, 0.3) is 0 Å². The fourth-order valence-electron chi connectivity index (χ4n) is 1.47. The minimum Gasteiger partial charge on any atom is -0.465 e. The highest BCUT2D eigenvalue weighted by atomic mass is 32.1. The largest absolute Gasteiger partial charge is 0.465 e. The maximum Gasteiger partial charge on any atom is 0.341 e. The minimum absolute atomic E-state index is 0.0153. The van der Waals surface area contributed by atoms with Gasteiger partial charge in [0.1, 0.15) is 5.00 Å². The number of methoxy groups -OCH3 is 1. The van der Waals surface area contributed by atoms with E-state index in [-0.39, 0.29) is 23.7 Å². The Labute approximate surface area is 119 Å². The van der Waals surface area contributed by atoms with Crippen molar-refractivity contribution in [3.8, 4) is 0 Å². The molecule has 0 unspecified atom stereocenters.